The van der Waals surface area contributed by atoms with Gasteiger partial charge in [-0.15, -0.1) is 0 Å². The van der Waals surface area contributed by atoms with E-state index in [-0.39, 0.29) is 11.7 Å². The zero-order valence-corrected chi connectivity index (χ0v) is 16.9. The Hall–Kier alpha value is -1.68. The molecule has 1 aromatic rings. The Morgan fingerprint density at radius 3 is 2.54 bits per heavy atom. The molecule has 2 aliphatic heterocycles. The normalized spacial score (nSPS) is 27.1. The Bertz CT molecular complexity index is 665. The molecule has 1 N–H and O–H groups in total. The Morgan fingerprint density at radius 2 is 1.96 bits per heavy atom. The summed E-state index contributed by atoms with van der Waals surface area (Å²) in [6, 6.07) is 5.94. The topological polar surface area (TPSA) is 70.4 Å². The molecule has 1 saturated carbocycles. The number of anilines is 1. The van der Waals surface area contributed by atoms with Gasteiger partial charge in [-0.05, 0) is 36.8 Å². The number of aromatic nitrogens is 1. The van der Waals surface area contributed by atoms with Crippen LogP contribution in [0.25, 0.3) is 0 Å². The third-order valence-electron chi connectivity index (χ3n) is 6.63. The van der Waals surface area contributed by atoms with E-state index in [1.165, 1.54) is 25.7 Å². The predicted molar refractivity (Wildman–Crippen MR) is 108 cm³/mol. The highest BCUT2D eigenvalue weighted by Gasteiger charge is 2.42. The van der Waals surface area contributed by atoms with Crippen LogP contribution in [0.2, 0.25) is 0 Å². The van der Waals surface area contributed by atoms with Crippen molar-refractivity contribution in [1.29, 1.82) is 5.26 Å². The van der Waals surface area contributed by atoms with Crippen LogP contribution in [0.5, 0.6) is 0 Å². The molecule has 3 heterocycles. The monoisotopic (exact) mass is 384 g/mol. The van der Waals surface area contributed by atoms with Crippen LogP contribution in [0.4, 0.5) is 5.69 Å². The van der Waals surface area contributed by atoms with Crippen molar-refractivity contribution in [3.63, 3.8) is 0 Å². The van der Waals surface area contributed by atoms with Crippen molar-refractivity contribution in [2.75, 3.05) is 44.3 Å². The van der Waals surface area contributed by atoms with Gasteiger partial charge in [-0.2, -0.15) is 5.26 Å². The molecule has 0 amide bonds. The first-order valence-electron chi connectivity index (χ1n) is 10.7. The van der Waals surface area contributed by atoms with Gasteiger partial charge in [-0.1, -0.05) is 19.8 Å². The zero-order chi connectivity index (χ0) is 19.4. The van der Waals surface area contributed by atoms with E-state index in [9.17, 15) is 0 Å². The van der Waals surface area contributed by atoms with E-state index >= 15 is 0 Å². The van der Waals surface area contributed by atoms with Gasteiger partial charge in [0.25, 0.3) is 0 Å². The largest absolute Gasteiger partial charge is 0.370 e. The van der Waals surface area contributed by atoms with Crippen molar-refractivity contribution in [3.8, 4) is 6.07 Å². The van der Waals surface area contributed by atoms with Gasteiger partial charge in [0.1, 0.15) is 11.8 Å². The molecule has 2 saturated heterocycles. The van der Waals surface area contributed by atoms with Gasteiger partial charge in [0, 0.05) is 38.0 Å². The van der Waals surface area contributed by atoms with Gasteiger partial charge in [0.2, 0.25) is 0 Å². The Balaban J connectivity index is 1.35. The third kappa shape index (κ3) is 4.65. The molecule has 0 bridgehead atoms. The molecule has 0 unspecified atom stereocenters. The van der Waals surface area contributed by atoms with Crippen molar-refractivity contribution >= 4 is 5.69 Å². The first-order chi connectivity index (χ1) is 13.7. The molecule has 1 spiro atoms. The van der Waals surface area contributed by atoms with Crippen LogP contribution in [-0.4, -0.2) is 50.7 Å². The summed E-state index contributed by atoms with van der Waals surface area (Å²) in [6.45, 7) is 7.88. The van der Waals surface area contributed by atoms with Crippen LogP contribution in [-0.2, 0) is 9.47 Å². The Morgan fingerprint density at radius 1 is 1.21 bits per heavy atom. The standard InChI is InChI=1S/C22H32N4O2/c1-17-2-4-18(5-3-17)12-26(20-7-6-19(10-23)25-11-20)9-8-21-27-15-22(16-28-21)13-24-14-22/h6-7,11,17-18,21,24H,2-5,8-9,12-16H2,1H3. The number of hydrogen-bond donors (Lipinski definition) is 1. The summed E-state index contributed by atoms with van der Waals surface area (Å²) >= 11 is 0. The molecule has 0 aromatic carbocycles. The van der Waals surface area contributed by atoms with E-state index < -0.39 is 0 Å². The fraction of sp³-hybridized carbons (Fsp3) is 0.727. The molecule has 6 heteroatoms. The molecule has 28 heavy (non-hydrogen) atoms. The highest BCUT2D eigenvalue weighted by molar-refractivity contribution is 5.46. The molecule has 6 nitrogen and oxygen atoms in total. The maximum Gasteiger partial charge on any atom is 0.159 e. The van der Waals surface area contributed by atoms with E-state index in [1.54, 1.807) is 0 Å². The van der Waals surface area contributed by atoms with Gasteiger partial charge < -0.3 is 19.7 Å². The van der Waals surface area contributed by atoms with Crippen molar-refractivity contribution < 1.29 is 9.47 Å². The van der Waals surface area contributed by atoms with Crippen molar-refractivity contribution in [2.24, 2.45) is 17.3 Å². The lowest BCUT2D eigenvalue weighted by atomic mass is 9.82. The van der Waals surface area contributed by atoms with Crippen LogP contribution >= 0.6 is 0 Å². The van der Waals surface area contributed by atoms with Crippen LogP contribution < -0.4 is 10.2 Å². The second kappa shape index (κ2) is 8.77. The minimum atomic E-state index is -0.119. The second-order valence-electron chi connectivity index (χ2n) is 9.03. The van der Waals surface area contributed by atoms with E-state index in [2.05, 4.69) is 28.2 Å². The van der Waals surface area contributed by atoms with Gasteiger partial charge in [-0.3, -0.25) is 0 Å². The molecule has 1 aromatic heterocycles. The maximum atomic E-state index is 9.03. The molecule has 0 atom stereocenters. The third-order valence-corrected chi connectivity index (χ3v) is 6.63. The van der Waals surface area contributed by atoms with Crippen LogP contribution in [0, 0.1) is 28.6 Å². The number of ether oxygens (including phenoxy) is 2. The highest BCUT2D eigenvalue weighted by Crippen LogP contribution is 2.31. The number of hydrogen-bond acceptors (Lipinski definition) is 6. The van der Waals surface area contributed by atoms with E-state index in [0.717, 1.165) is 63.3 Å². The van der Waals surface area contributed by atoms with E-state index in [4.69, 9.17) is 14.7 Å². The zero-order valence-electron chi connectivity index (χ0n) is 16.9. The molecular weight excluding hydrogens is 352 g/mol. The summed E-state index contributed by atoms with van der Waals surface area (Å²) in [5.41, 5.74) is 1.77. The predicted octanol–water partition coefficient (Wildman–Crippen LogP) is 2.94. The number of nitrogens with one attached hydrogen (secondary N) is 1. The Labute approximate surface area is 168 Å². The smallest absolute Gasteiger partial charge is 0.159 e. The summed E-state index contributed by atoms with van der Waals surface area (Å²) in [7, 11) is 0. The van der Waals surface area contributed by atoms with Crippen LogP contribution in [0.15, 0.2) is 18.3 Å². The maximum absolute atomic E-state index is 9.03. The van der Waals surface area contributed by atoms with Gasteiger partial charge in [0.15, 0.2) is 6.29 Å². The lowest BCUT2D eigenvalue weighted by Gasteiger charge is -2.46. The number of nitriles is 1. The first kappa shape index (κ1) is 19.6. The molecule has 3 aliphatic rings. The minimum absolute atomic E-state index is 0.119. The van der Waals surface area contributed by atoms with Crippen molar-refractivity contribution in [1.82, 2.24) is 10.3 Å². The molecule has 3 fully saturated rings. The number of pyridine rings is 1. The lowest BCUT2D eigenvalue weighted by molar-refractivity contribution is -0.239. The highest BCUT2D eigenvalue weighted by atomic mass is 16.7. The fourth-order valence-corrected chi connectivity index (χ4v) is 4.53. The van der Waals surface area contributed by atoms with E-state index in [0.29, 0.717) is 5.69 Å². The van der Waals surface area contributed by atoms with Crippen LogP contribution in [0.1, 0.15) is 44.7 Å². The molecule has 0 radical (unpaired) electrons. The first-order valence-corrected chi connectivity index (χ1v) is 10.7. The average molecular weight is 385 g/mol. The summed E-state index contributed by atoms with van der Waals surface area (Å²) in [4.78, 5) is 6.70. The van der Waals surface area contributed by atoms with Gasteiger partial charge in [0.05, 0.1) is 25.1 Å². The van der Waals surface area contributed by atoms with Crippen molar-refractivity contribution in [3.05, 3.63) is 24.0 Å². The lowest BCUT2D eigenvalue weighted by Crippen LogP contribution is -2.61. The molecule has 1 aliphatic carbocycles. The second-order valence-corrected chi connectivity index (χ2v) is 9.03. The summed E-state index contributed by atoms with van der Waals surface area (Å²) < 4.78 is 12.0. The quantitative estimate of drug-likeness (QED) is 0.813. The molecular formula is C22H32N4O2. The average Bonchev–Trinajstić information content (AvgIpc) is 2.72. The summed E-state index contributed by atoms with van der Waals surface area (Å²) in [5, 5.41) is 12.3. The fourth-order valence-electron chi connectivity index (χ4n) is 4.53. The minimum Gasteiger partial charge on any atom is -0.370 e. The van der Waals surface area contributed by atoms with Crippen molar-refractivity contribution in [2.45, 2.75) is 45.3 Å². The SMILES string of the molecule is CC1CCC(CN(CCC2OCC3(CNC3)CO2)c2ccc(C#N)nc2)CC1. The van der Waals surface area contributed by atoms with Gasteiger partial charge >= 0.3 is 0 Å². The number of nitrogens with zero attached hydrogens (tertiary/aromatic N) is 3. The molecule has 4 rings (SSSR count). The van der Waals surface area contributed by atoms with Gasteiger partial charge in [-0.25, -0.2) is 4.98 Å². The molecule has 152 valence electrons. The van der Waals surface area contributed by atoms with E-state index in [1.807, 2.05) is 18.3 Å². The number of rotatable bonds is 6. The van der Waals surface area contributed by atoms with Crippen LogP contribution in [0.3, 0.4) is 0 Å². The Kier molecular flexibility index (Phi) is 6.15. The summed E-state index contributed by atoms with van der Waals surface area (Å²) in [6.07, 6.45) is 7.82. The summed E-state index contributed by atoms with van der Waals surface area (Å²) in [5.74, 6) is 1.59.